The Kier molecular flexibility index (Phi) is 3.31. The quantitative estimate of drug-likeness (QED) is 0.709. The van der Waals surface area contributed by atoms with E-state index in [1.54, 1.807) is 0 Å². The standard InChI is InChI=1S/C9H17NOS/c1-3-8(12-6-1)7-9-10-4-2-5-11-9/h8-10H,1-7H2. The summed E-state index contributed by atoms with van der Waals surface area (Å²) in [5.74, 6) is 1.36. The van der Waals surface area contributed by atoms with Gasteiger partial charge in [-0.3, -0.25) is 5.32 Å². The van der Waals surface area contributed by atoms with E-state index in [4.69, 9.17) is 4.74 Å². The Bertz CT molecular complexity index is 130. The third kappa shape index (κ3) is 2.38. The molecule has 0 radical (unpaired) electrons. The average molecular weight is 187 g/mol. The molecule has 12 heavy (non-hydrogen) atoms. The molecule has 70 valence electrons. The van der Waals surface area contributed by atoms with Gasteiger partial charge >= 0.3 is 0 Å². The molecular formula is C9H17NOS. The molecule has 2 atom stereocenters. The summed E-state index contributed by atoms with van der Waals surface area (Å²) in [6.45, 7) is 2.09. The van der Waals surface area contributed by atoms with Crippen LogP contribution in [0.1, 0.15) is 25.7 Å². The van der Waals surface area contributed by atoms with Crippen molar-refractivity contribution in [1.82, 2.24) is 5.32 Å². The SMILES string of the molecule is C1CNC(CC2CCCS2)OC1. The lowest BCUT2D eigenvalue weighted by Gasteiger charge is -2.26. The van der Waals surface area contributed by atoms with E-state index in [1.807, 2.05) is 0 Å². The smallest absolute Gasteiger partial charge is 0.109 e. The molecule has 0 amide bonds. The maximum Gasteiger partial charge on any atom is 0.109 e. The van der Waals surface area contributed by atoms with Gasteiger partial charge in [-0.15, -0.1) is 0 Å². The van der Waals surface area contributed by atoms with Gasteiger partial charge in [-0.2, -0.15) is 11.8 Å². The Balaban J connectivity index is 1.69. The van der Waals surface area contributed by atoms with Crippen molar-refractivity contribution in [2.75, 3.05) is 18.9 Å². The highest BCUT2D eigenvalue weighted by atomic mass is 32.2. The highest BCUT2D eigenvalue weighted by molar-refractivity contribution is 8.00. The van der Waals surface area contributed by atoms with E-state index >= 15 is 0 Å². The summed E-state index contributed by atoms with van der Waals surface area (Å²) < 4.78 is 5.62. The molecule has 2 aliphatic rings. The molecule has 2 rings (SSSR count). The van der Waals surface area contributed by atoms with E-state index in [-0.39, 0.29) is 0 Å². The van der Waals surface area contributed by atoms with Gasteiger partial charge in [0, 0.05) is 11.9 Å². The van der Waals surface area contributed by atoms with Crippen LogP contribution in [0.25, 0.3) is 0 Å². The zero-order valence-corrected chi connectivity index (χ0v) is 8.24. The van der Waals surface area contributed by atoms with Gasteiger partial charge in [-0.1, -0.05) is 0 Å². The van der Waals surface area contributed by atoms with Crippen LogP contribution in [0, 0.1) is 0 Å². The van der Waals surface area contributed by atoms with Crippen molar-refractivity contribution in [3.05, 3.63) is 0 Å². The Hall–Kier alpha value is 0.270. The average Bonchev–Trinajstić information content (AvgIpc) is 2.59. The van der Waals surface area contributed by atoms with Crippen LogP contribution in [0.4, 0.5) is 0 Å². The van der Waals surface area contributed by atoms with Gasteiger partial charge < -0.3 is 4.74 Å². The van der Waals surface area contributed by atoms with Gasteiger partial charge in [-0.05, 0) is 38.0 Å². The van der Waals surface area contributed by atoms with Crippen LogP contribution in [0.3, 0.4) is 0 Å². The highest BCUT2D eigenvalue weighted by Gasteiger charge is 2.21. The summed E-state index contributed by atoms with van der Waals surface area (Å²) in [5.41, 5.74) is 0. The Morgan fingerprint density at radius 3 is 3.08 bits per heavy atom. The van der Waals surface area contributed by atoms with Crippen LogP contribution in [0.5, 0.6) is 0 Å². The molecule has 2 heterocycles. The fraction of sp³-hybridized carbons (Fsp3) is 1.00. The molecule has 2 fully saturated rings. The molecule has 0 bridgehead atoms. The minimum Gasteiger partial charge on any atom is -0.363 e. The first-order valence-corrected chi connectivity index (χ1v) is 5.96. The lowest BCUT2D eigenvalue weighted by molar-refractivity contribution is -0.00375. The number of hydrogen-bond acceptors (Lipinski definition) is 3. The molecule has 2 nitrogen and oxygen atoms in total. The highest BCUT2D eigenvalue weighted by Crippen LogP contribution is 2.29. The number of nitrogens with one attached hydrogen (secondary N) is 1. The van der Waals surface area contributed by atoms with Crippen molar-refractivity contribution in [3.63, 3.8) is 0 Å². The first-order valence-electron chi connectivity index (χ1n) is 4.92. The van der Waals surface area contributed by atoms with Gasteiger partial charge in [0.15, 0.2) is 0 Å². The molecule has 0 aliphatic carbocycles. The monoisotopic (exact) mass is 187 g/mol. The maximum absolute atomic E-state index is 5.62. The summed E-state index contributed by atoms with van der Waals surface area (Å²) in [6.07, 6.45) is 5.54. The van der Waals surface area contributed by atoms with E-state index in [2.05, 4.69) is 17.1 Å². The minimum absolute atomic E-state index is 0.356. The number of hydrogen-bond donors (Lipinski definition) is 1. The molecule has 3 heteroatoms. The molecule has 2 aliphatic heterocycles. The van der Waals surface area contributed by atoms with Gasteiger partial charge in [0.25, 0.3) is 0 Å². The van der Waals surface area contributed by atoms with Crippen molar-refractivity contribution in [2.24, 2.45) is 0 Å². The third-order valence-electron chi connectivity index (χ3n) is 2.51. The summed E-state index contributed by atoms with van der Waals surface area (Å²) in [4.78, 5) is 0. The zero-order chi connectivity index (χ0) is 8.23. The van der Waals surface area contributed by atoms with Gasteiger partial charge in [0.1, 0.15) is 6.23 Å². The van der Waals surface area contributed by atoms with E-state index in [1.165, 1.54) is 31.4 Å². The molecule has 0 aromatic rings. The maximum atomic E-state index is 5.62. The van der Waals surface area contributed by atoms with E-state index < -0.39 is 0 Å². The summed E-state index contributed by atoms with van der Waals surface area (Å²) in [5, 5.41) is 4.27. The number of thioether (sulfide) groups is 1. The fourth-order valence-electron chi connectivity index (χ4n) is 1.84. The van der Waals surface area contributed by atoms with Crippen LogP contribution in [-0.4, -0.2) is 30.4 Å². The molecular weight excluding hydrogens is 170 g/mol. The van der Waals surface area contributed by atoms with Crippen LogP contribution in [0.2, 0.25) is 0 Å². The van der Waals surface area contributed by atoms with Crippen LogP contribution < -0.4 is 5.32 Å². The molecule has 0 saturated carbocycles. The molecule has 0 aromatic carbocycles. The Morgan fingerprint density at radius 2 is 2.42 bits per heavy atom. The predicted octanol–water partition coefficient (Wildman–Crippen LogP) is 1.61. The molecule has 1 N–H and O–H groups in total. The Morgan fingerprint density at radius 1 is 1.42 bits per heavy atom. The molecule has 2 saturated heterocycles. The van der Waals surface area contributed by atoms with E-state index in [0.717, 1.165) is 18.4 Å². The van der Waals surface area contributed by atoms with Crippen molar-refractivity contribution < 1.29 is 4.74 Å². The summed E-state index contributed by atoms with van der Waals surface area (Å²) >= 11 is 2.12. The first kappa shape index (κ1) is 8.85. The number of ether oxygens (including phenoxy) is 1. The van der Waals surface area contributed by atoms with Crippen molar-refractivity contribution in [3.8, 4) is 0 Å². The van der Waals surface area contributed by atoms with Gasteiger partial charge in [0.2, 0.25) is 0 Å². The largest absolute Gasteiger partial charge is 0.363 e. The minimum atomic E-state index is 0.356. The van der Waals surface area contributed by atoms with E-state index in [0.29, 0.717) is 6.23 Å². The molecule has 0 spiro atoms. The second-order valence-corrected chi connectivity index (χ2v) is 4.95. The fourth-order valence-corrected chi connectivity index (χ4v) is 3.15. The van der Waals surface area contributed by atoms with Crippen LogP contribution in [0.15, 0.2) is 0 Å². The lowest BCUT2D eigenvalue weighted by Crippen LogP contribution is -2.39. The van der Waals surface area contributed by atoms with Crippen LogP contribution >= 0.6 is 11.8 Å². The van der Waals surface area contributed by atoms with Gasteiger partial charge in [-0.25, -0.2) is 0 Å². The summed E-state index contributed by atoms with van der Waals surface area (Å²) in [6, 6.07) is 0. The van der Waals surface area contributed by atoms with E-state index in [9.17, 15) is 0 Å². The van der Waals surface area contributed by atoms with Gasteiger partial charge in [0.05, 0.1) is 0 Å². The second kappa shape index (κ2) is 4.49. The van der Waals surface area contributed by atoms with Crippen molar-refractivity contribution in [1.29, 1.82) is 0 Å². The van der Waals surface area contributed by atoms with Crippen molar-refractivity contribution in [2.45, 2.75) is 37.2 Å². The zero-order valence-electron chi connectivity index (χ0n) is 7.42. The van der Waals surface area contributed by atoms with Crippen LogP contribution in [-0.2, 0) is 4.74 Å². The Labute approximate surface area is 78.4 Å². The normalized spacial score (nSPS) is 37.0. The molecule has 2 unspecified atom stereocenters. The lowest BCUT2D eigenvalue weighted by atomic mass is 10.2. The number of rotatable bonds is 2. The van der Waals surface area contributed by atoms with Crippen molar-refractivity contribution >= 4 is 11.8 Å². The predicted molar refractivity (Wildman–Crippen MR) is 52.5 cm³/mol. The topological polar surface area (TPSA) is 21.3 Å². The first-order chi connectivity index (χ1) is 5.95. The second-order valence-electron chi connectivity index (χ2n) is 3.54. The summed E-state index contributed by atoms with van der Waals surface area (Å²) in [7, 11) is 0. The molecule has 0 aromatic heterocycles. The third-order valence-corrected chi connectivity index (χ3v) is 3.94.